The molecule has 2 aliphatic rings. The predicted octanol–water partition coefficient (Wildman–Crippen LogP) is 5.01. The molecule has 2 aliphatic heterocycles. The second-order valence-corrected chi connectivity index (χ2v) is 12.2. The van der Waals surface area contributed by atoms with Crippen LogP contribution >= 0.6 is 0 Å². The van der Waals surface area contributed by atoms with Gasteiger partial charge in [-0.3, -0.25) is 14.8 Å². The van der Waals surface area contributed by atoms with E-state index in [1.54, 1.807) is 6.20 Å². The van der Waals surface area contributed by atoms with Crippen LogP contribution in [0.1, 0.15) is 76.6 Å². The molecule has 0 radical (unpaired) electrons. The molecule has 1 fully saturated rings. The maximum absolute atomic E-state index is 14.0. The van der Waals surface area contributed by atoms with Crippen LogP contribution in [0.3, 0.4) is 0 Å². The van der Waals surface area contributed by atoms with Crippen molar-refractivity contribution in [1.29, 1.82) is 0 Å². The van der Waals surface area contributed by atoms with Gasteiger partial charge >= 0.3 is 0 Å². The highest BCUT2D eigenvalue weighted by Crippen LogP contribution is 2.42. The second kappa shape index (κ2) is 10.6. The molecule has 0 unspecified atom stereocenters. The van der Waals surface area contributed by atoms with Gasteiger partial charge in [-0.2, -0.15) is 0 Å². The molecule has 206 valence electrons. The average molecular weight is 532 g/mol. The van der Waals surface area contributed by atoms with E-state index in [9.17, 15) is 9.18 Å². The van der Waals surface area contributed by atoms with E-state index in [0.717, 1.165) is 68.1 Å². The molecule has 39 heavy (non-hydrogen) atoms. The Bertz CT molecular complexity index is 1360. The lowest BCUT2D eigenvalue weighted by molar-refractivity contribution is -0.119. The Balaban J connectivity index is 1.36. The maximum Gasteiger partial charge on any atom is 0.235 e. The third-order valence-corrected chi connectivity index (χ3v) is 7.67. The Morgan fingerprint density at radius 1 is 1.13 bits per heavy atom. The molecule has 5 heterocycles. The van der Waals surface area contributed by atoms with Crippen molar-refractivity contribution < 1.29 is 9.18 Å². The van der Waals surface area contributed by atoms with Crippen LogP contribution in [0.4, 0.5) is 16.0 Å². The number of carbonyl (C=O) groups excluding carboxylic acids is 1. The Kier molecular flexibility index (Phi) is 7.37. The normalized spacial score (nSPS) is 17.3. The number of nitrogens with one attached hydrogen (secondary N) is 2. The number of carbonyl (C=O) groups is 1. The van der Waals surface area contributed by atoms with E-state index < -0.39 is 5.41 Å². The summed E-state index contributed by atoms with van der Waals surface area (Å²) in [6, 6.07) is 5.80. The minimum atomic E-state index is -0.672. The summed E-state index contributed by atoms with van der Waals surface area (Å²) in [5, 5.41) is 6.45. The van der Waals surface area contributed by atoms with E-state index in [0.29, 0.717) is 11.4 Å². The summed E-state index contributed by atoms with van der Waals surface area (Å²) in [6.45, 7) is 12.9. The molecule has 0 aliphatic carbocycles. The molecular weight excluding hydrogens is 493 g/mol. The zero-order chi connectivity index (χ0) is 27.8. The molecule has 0 saturated carbocycles. The number of pyridine rings is 2. The molecule has 3 aromatic heterocycles. The molecule has 9 heteroatoms. The van der Waals surface area contributed by atoms with Gasteiger partial charge in [0.25, 0.3) is 0 Å². The van der Waals surface area contributed by atoms with Crippen LogP contribution in [0.25, 0.3) is 11.3 Å². The van der Waals surface area contributed by atoms with Crippen LogP contribution in [0, 0.1) is 5.82 Å². The Hall–Kier alpha value is -3.46. The molecule has 5 rings (SSSR count). The quantitative estimate of drug-likeness (QED) is 0.414. The highest BCUT2D eigenvalue weighted by molar-refractivity contribution is 6.06. The first-order chi connectivity index (χ1) is 18.5. The molecule has 0 bridgehead atoms. The fourth-order valence-corrected chi connectivity index (χ4v) is 5.47. The third-order valence-electron chi connectivity index (χ3n) is 7.67. The molecule has 3 aromatic rings. The van der Waals surface area contributed by atoms with Gasteiger partial charge in [0.2, 0.25) is 5.91 Å². The molecule has 0 spiro atoms. The minimum absolute atomic E-state index is 0.0489. The molecule has 1 saturated heterocycles. The van der Waals surface area contributed by atoms with Gasteiger partial charge in [0.1, 0.15) is 23.8 Å². The van der Waals surface area contributed by atoms with E-state index in [4.69, 9.17) is 4.98 Å². The van der Waals surface area contributed by atoms with Gasteiger partial charge in [0, 0.05) is 42.0 Å². The molecular formula is C30H38FN7O. The lowest BCUT2D eigenvalue weighted by atomic mass is 9.86. The van der Waals surface area contributed by atoms with E-state index in [1.165, 1.54) is 24.2 Å². The van der Waals surface area contributed by atoms with Crippen LogP contribution in [-0.2, 0) is 16.6 Å². The first-order valence-electron chi connectivity index (χ1n) is 13.8. The highest BCUT2D eigenvalue weighted by atomic mass is 19.1. The van der Waals surface area contributed by atoms with Gasteiger partial charge in [-0.05, 0) is 90.6 Å². The van der Waals surface area contributed by atoms with Gasteiger partial charge in [-0.15, -0.1) is 0 Å². The summed E-state index contributed by atoms with van der Waals surface area (Å²) in [5.41, 5.74) is 3.99. The van der Waals surface area contributed by atoms with Crippen molar-refractivity contribution in [3.8, 4) is 11.3 Å². The van der Waals surface area contributed by atoms with Crippen LogP contribution in [0.5, 0.6) is 0 Å². The van der Waals surface area contributed by atoms with Gasteiger partial charge in [0.05, 0.1) is 22.9 Å². The number of amides is 1. The number of halogens is 1. The Morgan fingerprint density at radius 3 is 2.62 bits per heavy atom. The predicted molar refractivity (Wildman–Crippen MR) is 151 cm³/mol. The third kappa shape index (κ3) is 5.93. The van der Waals surface area contributed by atoms with Crippen molar-refractivity contribution in [2.24, 2.45) is 0 Å². The fourth-order valence-electron chi connectivity index (χ4n) is 5.47. The zero-order valence-corrected chi connectivity index (χ0v) is 23.5. The Morgan fingerprint density at radius 2 is 1.90 bits per heavy atom. The van der Waals surface area contributed by atoms with E-state index in [1.807, 2.05) is 13.8 Å². The zero-order valence-electron chi connectivity index (χ0n) is 23.5. The highest BCUT2D eigenvalue weighted by Gasteiger charge is 2.43. The van der Waals surface area contributed by atoms with Gasteiger partial charge in [-0.25, -0.2) is 14.4 Å². The number of piperidine rings is 1. The molecule has 0 aromatic carbocycles. The van der Waals surface area contributed by atoms with E-state index in [-0.39, 0.29) is 23.2 Å². The van der Waals surface area contributed by atoms with Crippen LogP contribution in [0.15, 0.2) is 36.9 Å². The number of fused-ring (bicyclic) bond motifs is 1. The number of aryl methyl sites for hydroxylation is 1. The monoisotopic (exact) mass is 531 g/mol. The van der Waals surface area contributed by atoms with E-state index in [2.05, 4.69) is 63.4 Å². The fraction of sp³-hybridized carbons (Fsp3) is 0.500. The number of hydrogen-bond donors (Lipinski definition) is 2. The van der Waals surface area contributed by atoms with Crippen molar-refractivity contribution in [3.63, 3.8) is 0 Å². The standard InChI is InChI=1S/C30H38FN7O/c1-29(2,3)35-10-6-7-19-13-23(36-24(14-19)21-15-22(31)17-32-16-21)20-8-11-38(12-9-20)27-25-26(33-18-34-27)37-28(39)30(25,4)5/h13-18,20,35H,6-12H2,1-5H3,(H,33,34,37,39). The SMILES string of the molecule is CC(C)(C)NCCCc1cc(-c2cncc(F)c2)nc(C2CCN(c3ncnc4c3C(C)(C)C(=O)N4)CC2)c1. The van der Waals surface area contributed by atoms with Crippen molar-refractivity contribution in [2.45, 2.75) is 77.2 Å². The van der Waals surface area contributed by atoms with Crippen LogP contribution in [-0.4, -0.2) is 51.0 Å². The van der Waals surface area contributed by atoms with Crippen molar-refractivity contribution in [1.82, 2.24) is 25.3 Å². The molecule has 0 atom stereocenters. The average Bonchev–Trinajstić information content (AvgIpc) is 3.14. The summed E-state index contributed by atoms with van der Waals surface area (Å²) >= 11 is 0. The number of hydrogen-bond acceptors (Lipinski definition) is 7. The summed E-state index contributed by atoms with van der Waals surface area (Å²) in [4.78, 5) is 32.8. The summed E-state index contributed by atoms with van der Waals surface area (Å²) in [6.07, 6.45) is 8.15. The van der Waals surface area contributed by atoms with Crippen LogP contribution < -0.4 is 15.5 Å². The first kappa shape index (κ1) is 27.1. The molecule has 2 N–H and O–H groups in total. The van der Waals surface area contributed by atoms with E-state index >= 15 is 0 Å². The maximum atomic E-state index is 14.0. The van der Waals surface area contributed by atoms with Gasteiger partial charge < -0.3 is 15.5 Å². The van der Waals surface area contributed by atoms with Crippen LogP contribution in [0.2, 0.25) is 0 Å². The topological polar surface area (TPSA) is 95.9 Å². The van der Waals surface area contributed by atoms with Gasteiger partial charge in [0.15, 0.2) is 0 Å². The minimum Gasteiger partial charge on any atom is -0.356 e. The van der Waals surface area contributed by atoms with Crippen molar-refractivity contribution >= 4 is 17.5 Å². The lowest BCUT2D eigenvalue weighted by Crippen LogP contribution is -2.36. The van der Waals surface area contributed by atoms with Gasteiger partial charge in [-0.1, -0.05) is 0 Å². The van der Waals surface area contributed by atoms with Crippen molar-refractivity contribution in [3.05, 3.63) is 59.6 Å². The Labute approximate surface area is 229 Å². The smallest absolute Gasteiger partial charge is 0.235 e. The number of aromatic nitrogens is 4. The second-order valence-electron chi connectivity index (χ2n) is 12.2. The molecule has 8 nitrogen and oxygen atoms in total. The largest absolute Gasteiger partial charge is 0.356 e. The summed E-state index contributed by atoms with van der Waals surface area (Å²) in [7, 11) is 0. The first-order valence-corrected chi connectivity index (χ1v) is 13.8. The molecule has 1 amide bonds. The van der Waals surface area contributed by atoms with Crippen molar-refractivity contribution in [2.75, 3.05) is 29.9 Å². The number of anilines is 2. The lowest BCUT2D eigenvalue weighted by Gasteiger charge is -2.34. The summed E-state index contributed by atoms with van der Waals surface area (Å²) < 4.78 is 14.0. The number of nitrogens with zero attached hydrogens (tertiary/aromatic N) is 5. The number of rotatable bonds is 7. The summed E-state index contributed by atoms with van der Waals surface area (Å²) in [5.74, 6) is 1.31.